The largest absolute Gasteiger partial charge is 0.507 e. The van der Waals surface area contributed by atoms with Crippen LogP contribution in [0.2, 0.25) is 0 Å². The molecule has 3 aromatic rings. The third kappa shape index (κ3) is 4.90. The Hall–Kier alpha value is -4.99. The van der Waals surface area contributed by atoms with E-state index in [2.05, 4.69) is 0 Å². The number of nitro groups is 1. The van der Waals surface area contributed by atoms with E-state index in [1.54, 1.807) is 36.4 Å². The smallest absolute Gasteiger partial charge is 0.307 e. The Morgan fingerprint density at radius 1 is 1.00 bits per heavy atom. The van der Waals surface area contributed by atoms with Gasteiger partial charge in [0, 0.05) is 43.2 Å². The van der Waals surface area contributed by atoms with Crippen molar-refractivity contribution in [2.75, 3.05) is 23.9 Å². The van der Waals surface area contributed by atoms with Gasteiger partial charge in [0.1, 0.15) is 5.76 Å². The topological polar surface area (TPSA) is 141 Å². The van der Waals surface area contributed by atoms with Crippen molar-refractivity contribution in [3.05, 3.63) is 105 Å². The second-order valence-electron chi connectivity index (χ2n) is 8.70. The van der Waals surface area contributed by atoms with E-state index in [-0.39, 0.29) is 23.2 Å². The van der Waals surface area contributed by atoms with Crippen LogP contribution < -0.4 is 9.80 Å². The number of carboxylic acid groups (broad SMARTS) is 1. The molecule has 188 valence electrons. The SMILES string of the molecule is CN(C)c1ccc(C2/C(=C(/O)c3cccc([N+](=O)[O-])c3)C(=O)C(=O)N2c2ccc(CC(=O)O)cc2)cc1. The number of nitro benzene ring substituents is 1. The lowest BCUT2D eigenvalue weighted by Gasteiger charge is -2.26. The van der Waals surface area contributed by atoms with Crippen LogP contribution in [0.3, 0.4) is 0 Å². The molecule has 0 saturated carbocycles. The second-order valence-corrected chi connectivity index (χ2v) is 8.70. The van der Waals surface area contributed by atoms with Crippen LogP contribution in [0, 0.1) is 10.1 Å². The molecule has 1 unspecified atom stereocenters. The minimum absolute atomic E-state index is 0.0268. The zero-order valence-corrected chi connectivity index (χ0v) is 20.0. The summed E-state index contributed by atoms with van der Waals surface area (Å²) < 4.78 is 0. The van der Waals surface area contributed by atoms with Gasteiger partial charge in [-0.05, 0) is 35.4 Å². The van der Waals surface area contributed by atoms with Crippen LogP contribution in [0.4, 0.5) is 17.1 Å². The van der Waals surface area contributed by atoms with Crippen molar-refractivity contribution < 1.29 is 29.5 Å². The van der Waals surface area contributed by atoms with Crippen LogP contribution in [0.1, 0.15) is 22.7 Å². The van der Waals surface area contributed by atoms with Gasteiger partial charge in [0.15, 0.2) is 0 Å². The van der Waals surface area contributed by atoms with E-state index < -0.39 is 34.4 Å². The maximum absolute atomic E-state index is 13.3. The van der Waals surface area contributed by atoms with E-state index in [9.17, 15) is 29.6 Å². The first-order valence-corrected chi connectivity index (χ1v) is 11.2. The maximum atomic E-state index is 13.3. The number of rotatable bonds is 7. The predicted molar refractivity (Wildman–Crippen MR) is 136 cm³/mol. The Morgan fingerprint density at radius 3 is 2.22 bits per heavy atom. The van der Waals surface area contributed by atoms with E-state index in [0.29, 0.717) is 16.8 Å². The average molecular weight is 501 g/mol. The van der Waals surface area contributed by atoms with Crippen molar-refractivity contribution in [2.24, 2.45) is 0 Å². The van der Waals surface area contributed by atoms with Gasteiger partial charge in [0.05, 0.1) is 23.0 Å². The van der Waals surface area contributed by atoms with Gasteiger partial charge in [-0.2, -0.15) is 0 Å². The fourth-order valence-corrected chi connectivity index (χ4v) is 4.24. The highest BCUT2D eigenvalue weighted by Crippen LogP contribution is 2.42. The number of aliphatic hydroxyl groups excluding tert-OH is 1. The van der Waals surface area contributed by atoms with Crippen LogP contribution >= 0.6 is 0 Å². The summed E-state index contributed by atoms with van der Waals surface area (Å²) in [6.45, 7) is 0. The number of nitrogens with zero attached hydrogens (tertiary/aromatic N) is 3. The molecular formula is C27H23N3O7. The fourth-order valence-electron chi connectivity index (χ4n) is 4.24. The third-order valence-corrected chi connectivity index (χ3v) is 6.07. The summed E-state index contributed by atoms with van der Waals surface area (Å²) in [4.78, 5) is 51.3. The minimum atomic E-state index is -1.03. The molecule has 1 atom stereocenters. The first kappa shape index (κ1) is 25.1. The molecule has 1 saturated heterocycles. The number of aliphatic carboxylic acids is 1. The Morgan fingerprint density at radius 2 is 1.65 bits per heavy atom. The lowest BCUT2D eigenvalue weighted by molar-refractivity contribution is -0.384. The maximum Gasteiger partial charge on any atom is 0.307 e. The molecule has 0 radical (unpaired) electrons. The molecular weight excluding hydrogens is 478 g/mol. The third-order valence-electron chi connectivity index (χ3n) is 6.07. The van der Waals surface area contributed by atoms with Crippen molar-refractivity contribution in [1.82, 2.24) is 0 Å². The van der Waals surface area contributed by atoms with Gasteiger partial charge in [0.25, 0.3) is 17.4 Å². The summed E-state index contributed by atoms with van der Waals surface area (Å²) in [5.74, 6) is -3.38. The number of aliphatic hydroxyl groups is 1. The molecule has 2 N–H and O–H groups in total. The van der Waals surface area contributed by atoms with Crippen LogP contribution in [0.5, 0.6) is 0 Å². The lowest BCUT2D eigenvalue weighted by Crippen LogP contribution is -2.29. The lowest BCUT2D eigenvalue weighted by atomic mass is 9.94. The standard InChI is InChI=1S/C27H23N3O7/c1-28(2)19-12-8-17(9-13-19)24-23(25(33)18-4-3-5-21(15-18)30(36)37)26(34)27(35)29(24)20-10-6-16(7-11-20)14-22(31)32/h3-13,15,24,33H,14H2,1-2H3,(H,31,32)/b25-23-. The molecule has 0 aliphatic carbocycles. The number of ketones is 1. The summed E-state index contributed by atoms with van der Waals surface area (Å²) in [6.07, 6.45) is -0.207. The van der Waals surface area contributed by atoms with Crippen molar-refractivity contribution in [3.8, 4) is 0 Å². The number of hydrogen-bond donors (Lipinski definition) is 2. The molecule has 0 aromatic heterocycles. The van der Waals surface area contributed by atoms with Gasteiger partial charge in [-0.25, -0.2) is 0 Å². The zero-order chi connectivity index (χ0) is 26.9. The number of anilines is 2. The van der Waals surface area contributed by atoms with E-state index in [0.717, 1.165) is 11.8 Å². The number of carboxylic acids is 1. The van der Waals surface area contributed by atoms with Gasteiger partial charge in [-0.1, -0.05) is 36.4 Å². The molecule has 1 heterocycles. The van der Waals surface area contributed by atoms with Crippen molar-refractivity contribution in [3.63, 3.8) is 0 Å². The highest BCUT2D eigenvalue weighted by molar-refractivity contribution is 6.51. The summed E-state index contributed by atoms with van der Waals surface area (Å²) >= 11 is 0. The van der Waals surface area contributed by atoms with Crippen molar-refractivity contribution in [1.29, 1.82) is 0 Å². The van der Waals surface area contributed by atoms with Gasteiger partial charge >= 0.3 is 5.97 Å². The minimum Gasteiger partial charge on any atom is -0.507 e. The Kier molecular flexibility index (Phi) is 6.75. The summed E-state index contributed by atoms with van der Waals surface area (Å²) in [5.41, 5.74) is 1.78. The Bertz CT molecular complexity index is 1430. The molecule has 0 bridgehead atoms. The Labute approximate surface area is 211 Å². The second kappa shape index (κ2) is 9.94. The molecule has 1 aliphatic heterocycles. The highest BCUT2D eigenvalue weighted by Gasteiger charge is 2.47. The molecule has 10 heteroatoms. The quantitative estimate of drug-likeness (QED) is 0.163. The number of hydrogen-bond acceptors (Lipinski definition) is 7. The normalized spacial score (nSPS) is 16.6. The monoisotopic (exact) mass is 501 g/mol. The fraction of sp³-hybridized carbons (Fsp3) is 0.148. The number of amides is 1. The molecule has 10 nitrogen and oxygen atoms in total. The number of benzene rings is 3. The van der Waals surface area contributed by atoms with Crippen molar-refractivity contribution >= 4 is 40.5 Å². The zero-order valence-electron chi connectivity index (χ0n) is 20.0. The van der Waals surface area contributed by atoms with E-state index in [4.69, 9.17) is 5.11 Å². The Balaban J connectivity index is 1.89. The molecule has 1 amide bonds. The molecule has 3 aromatic carbocycles. The number of Topliss-reactive ketones (excluding diaryl/α,β-unsaturated/α-hetero) is 1. The highest BCUT2D eigenvalue weighted by atomic mass is 16.6. The van der Waals surface area contributed by atoms with Crippen molar-refractivity contribution in [2.45, 2.75) is 12.5 Å². The van der Waals surface area contributed by atoms with Crippen LogP contribution in [-0.4, -0.2) is 46.9 Å². The number of carbonyl (C=O) groups excluding carboxylic acids is 2. The van der Waals surface area contributed by atoms with E-state index in [1.807, 2.05) is 19.0 Å². The van der Waals surface area contributed by atoms with E-state index in [1.165, 1.54) is 35.2 Å². The first-order chi connectivity index (χ1) is 17.6. The van der Waals surface area contributed by atoms with Gasteiger partial charge in [0.2, 0.25) is 0 Å². The summed E-state index contributed by atoms with van der Waals surface area (Å²) in [5, 5.41) is 31.5. The van der Waals surface area contributed by atoms with Gasteiger partial charge in [-0.3, -0.25) is 29.4 Å². The summed E-state index contributed by atoms with van der Waals surface area (Å²) in [6, 6.07) is 17.4. The van der Waals surface area contributed by atoms with Gasteiger partial charge < -0.3 is 15.1 Å². The predicted octanol–water partition coefficient (Wildman–Crippen LogP) is 3.91. The molecule has 1 aliphatic rings. The van der Waals surface area contributed by atoms with Gasteiger partial charge in [-0.15, -0.1) is 0 Å². The van der Waals surface area contributed by atoms with Crippen LogP contribution in [-0.2, 0) is 20.8 Å². The average Bonchev–Trinajstić information content (AvgIpc) is 3.14. The van der Waals surface area contributed by atoms with E-state index >= 15 is 0 Å². The molecule has 1 fully saturated rings. The summed E-state index contributed by atoms with van der Waals surface area (Å²) in [7, 11) is 3.73. The molecule has 37 heavy (non-hydrogen) atoms. The number of carbonyl (C=O) groups is 3. The first-order valence-electron chi connectivity index (χ1n) is 11.2. The number of non-ortho nitro benzene ring substituents is 1. The molecule has 0 spiro atoms. The van der Waals surface area contributed by atoms with Crippen LogP contribution in [0.25, 0.3) is 5.76 Å². The molecule has 4 rings (SSSR count). The van der Waals surface area contributed by atoms with Crippen LogP contribution in [0.15, 0.2) is 78.4 Å².